The van der Waals surface area contributed by atoms with E-state index in [1.54, 1.807) is 23.2 Å². The van der Waals surface area contributed by atoms with E-state index in [2.05, 4.69) is 24.9 Å². The number of hydrogen-bond donors (Lipinski definition) is 3. The fourth-order valence-corrected chi connectivity index (χ4v) is 2.30. The molecule has 130 valence electrons. The normalized spacial score (nSPS) is 10.8. The van der Waals surface area contributed by atoms with Crippen LogP contribution in [0.5, 0.6) is 0 Å². The summed E-state index contributed by atoms with van der Waals surface area (Å²) in [5.74, 6) is 0. The summed E-state index contributed by atoms with van der Waals surface area (Å²) in [5, 5.41) is 0. The van der Waals surface area contributed by atoms with Crippen molar-refractivity contribution in [2.45, 2.75) is 0 Å². The largest absolute Gasteiger partial charge is 0.329 e. The van der Waals surface area contributed by atoms with Crippen LogP contribution in [0.3, 0.4) is 0 Å². The van der Waals surface area contributed by atoms with Crippen LogP contribution >= 0.6 is 0 Å². The molecule has 0 bridgehead atoms. The van der Waals surface area contributed by atoms with Gasteiger partial charge in [-0.05, 0) is 0 Å². The van der Waals surface area contributed by atoms with Gasteiger partial charge >= 0.3 is 11.4 Å². The number of nitrogens with zero attached hydrogens (tertiary/aromatic N) is 5. The second-order valence-electron chi connectivity index (χ2n) is 5.31. The van der Waals surface area contributed by atoms with E-state index in [0.29, 0.717) is 22.3 Å². The quantitative estimate of drug-likeness (QED) is 0.331. The topological polar surface area (TPSA) is 156 Å². The molecule has 4 aromatic heterocycles. The Morgan fingerprint density at radius 3 is 2.00 bits per heavy atom. The molecule has 12 nitrogen and oxygen atoms in total. The maximum Gasteiger partial charge on any atom is 0.329 e. The molecule has 0 radical (unpaired) electrons. The van der Waals surface area contributed by atoms with Crippen LogP contribution in [0.1, 0.15) is 0 Å². The number of hydrogen-bond acceptors (Lipinski definition) is 6. The van der Waals surface area contributed by atoms with Crippen molar-refractivity contribution in [2.75, 3.05) is 0 Å². The Morgan fingerprint density at radius 2 is 1.36 bits per heavy atom. The van der Waals surface area contributed by atoms with Crippen LogP contribution in [-0.4, -0.2) is 38.6 Å². The first-order valence-corrected chi connectivity index (χ1v) is 7.03. The molecule has 0 atom stereocenters. The van der Waals surface area contributed by atoms with Crippen molar-refractivity contribution < 1.29 is 0 Å². The Hall–Kier alpha value is -3.70. The lowest BCUT2D eigenvalue weighted by Gasteiger charge is -1.96. The van der Waals surface area contributed by atoms with Crippen molar-refractivity contribution in [1.29, 1.82) is 0 Å². The van der Waals surface area contributed by atoms with Crippen molar-refractivity contribution in [3.63, 3.8) is 0 Å². The van der Waals surface area contributed by atoms with Crippen molar-refractivity contribution in [2.24, 2.45) is 21.1 Å². The van der Waals surface area contributed by atoms with E-state index in [1.807, 2.05) is 0 Å². The van der Waals surface area contributed by atoms with Gasteiger partial charge in [0, 0.05) is 21.1 Å². The third-order valence-corrected chi connectivity index (χ3v) is 3.59. The lowest BCUT2D eigenvalue weighted by atomic mass is 10.5. The second kappa shape index (κ2) is 5.74. The van der Waals surface area contributed by atoms with Crippen LogP contribution < -0.4 is 22.5 Å². The Kier molecular flexibility index (Phi) is 3.71. The Labute approximate surface area is 137 Å². The molecule has 4 rings (SSSR count). The first-order valence-electron chi connectivity index (χ1n) is 7.03. The summed E-state index contributed by atoms with van der Waals surface area (Å²) in [6, 6.07) is 0. The third kappa shape index (κ3) is 2.69. The van der Waals surface area contributed by atoms with Gasteiger partial charge < -0.3 is 9.13 Å². The molecule has 0 aliphatic carbocycles. The van der Waals surface area contributed by atoms with Gasteiger partial charge in [-0.15, -0.1) is 0 Å². The third-order valence-electron chi connectivity index (χ3n) is 3.59. The van der Waals surface area contributed by atoms with Crippen LogP contribution in [0.25, 0.3) is 22.3 Å². The van der Waals surface area contributed by atoms with Crippen molar-refractivity contribution >= 4 is 22.3 Å². The fourth-order valence-electron chi connectivity index (χ4n) is 2.30. The molecule has 25 heavy (non-hydrogen) atoms. The summed E-state index contributed by atoms with van der Waals surface area (Å²) < 4.78 is 4.14. The number of rotatable bonds is 0. The molecule has 0 aliphatic heterocycles. The van der Waals surface area contributed by atoms with E-state index in [0.717, 1.165) is 4.57 Å². The monoisotopic (exact) mass is 346 g/mol. The summed E-state index contributed by atoms with van der Waals surface area (Å²) in [6.07, 6.45) is 2.96. The number of nitrogens with one attached hydrogen (secondary N) is 3. The SMILES string of the molecule is Cn1c(=O)[nH]c2ncn(C)c2c1=O.Cn1cnc2[nH]c(=O)[nH]c(=O)c21. The number of H-pyrrole nitrogens is 3. The molecule has 0 fully saturated rings. The average Bonchev–Trinajstić information content (AvgIpc) is 3.09. The smallest absolute Gasteiger partial charge is 0.328 e. The summed E-state index contributed by atoms with van der Waals surface area (Å²) in [6.45, 7) is 0. The predicted octanol–water partition coefficient (Wildman–Crippen LogP) is -2.09. The molecule has 0 unspecified atom stereocenters. The van der Waals surface area contributed by atoms with Gasteiger partial charge in [0.25, 0.3) is 11.1 Å². The Balaban J connectivity index is 0.000000146. The number of aromatic nitrogens is 8. The van der Waals surface area contributed by atoms with Crippen LogP contribution in [0.2, 0.25) is 0 Å². The van der Waals surface area contributed by atoms with Gasteiger partial charge in [0.05, 0.1) is 12.7 Å². The number of fused-ring (bicyclic) bond motifs is 2. The van der Waals surface area contributed by atoms with Crippen molar-refractivity contribution in [1.82, 2.24) is 38.6 Å². The van der Waals surface area contributed by atoms with Gasteiger partial charge in [-0.2, -0.15) is 0 Å². The summed E-state index contributed by atoms with van der Waals surface area (Å²) >= 11 is 0. The Morgan fingerprint density at radius 1 is 0.800 bits per heavy atom. The maximum absolute atomic E-state index is 11.5. The second-order valence-corrected chi connectivity index (χ2v) is 5.31. The van der Waals surface area contributed by atoms with Crippen molar-refractivity contribution in [3.8, 4) is 0 Å². The van der Waals surface area contributed by atoms with Crippen LogP contribution in [-0.2, 0) is 21.1 Å². The minimum Gasteiger partial charge on any atom is -0.328 e. The molecule has 0 aliphatic rings. The summed E-state index contributed by atoms with van der Waals surface area (Å²) in [5.41, 5.74) is -0.326. The maximum atomic E-state index is 11.5. The fraction of sp³-hybridized carbons (Fsp3) is 0.231. The molecule has 4 aromatic rings. The minimum atomic E-state index is -0.536. The summed E-state index contributed by atoms with van der Waals surface area (Å²) in [7, 11) is 4.81. The molecule has 0 saturated heterocycles. The molecule has 0 amide bonds. The first kappa shape index (κ1) is 16.2. The van der Waals surface area contributed by atoms with E-state index in [1.165, 1.54) is 19.7 Å². The average molecular weight is 346 g/mol. The van der Waals surface area contributed by atoms with Gasteiger partial charge in [-0.1, -0.05) is 0 Å². The van der Waals surface area contributed by atoms with E-state index in [-0.39, 0.29) is 5.56 Å². The number of aromatic amines is 3. The standard InChI is InChI=1S/C7H8N4O2.C6H6N4O2/c1-10-3-8-5-4(10)6(12)11(2)7(13)9-5;1-10-2-7-4-3(10)5(11)9-6(12)8-4/h3H,1-2H3,(H,9,13);2H,1H3,(H2,8,9,11,12). The van der Waals surface area contributed by atoms with Crippen molar-refractivity contribution in [3.05, 3.63) is 54.3 Å². The van der Waals surface area contributed by atoms with Gasteiger partial charge in [0.2, 0.25) is 0 Å². The zero-order chi connectivity index (χ0) is 18.3. The van der Waals surface area contributed by atoms with E-state index >= 15 is 0 Å². The minimum absolute atomic E-state index is 0.311. The lowest BCUT2D eigenvalue weighted by Crippen LogP contribution is -2.33. The van der Waals surface area contributed by atoms with Gasteiger partial charge in [-0.25, -0.2) is 19.6 Å². The Bertz CT molecular complexity index is 1310. The molecule has 0 spiro atoms. The van der Waals surface area contributed by atoms with E-state index in [4.69, 9.17) is 0 Å². The molecule has 0 saturated carbocycles. The van der Waals surface area contributed by atoms with Crippen LogP contribution in [0.4, 0.5) is 0 Å². The molecule has 0 aromatic carbocycles. The number of aryl methyl sites for hydroxylation is 2. The molecular formula is C13H14N8O4. The first-order chi connectivity index (χ1) is 11.8. The van der Waals surface area contributed by atoms with Gasteiger partial charge in [0.1, 0.15) is 0 Å². The highest BCUT2D eigenvalue weighted by Gasteiger charge is 2.08. The van der Waals surface area contributed by atoms with Crippen LogP contribution in [0, 0.1) is 0 Å². The highest BCUT2D eigenvalue weighted by molar-refractivity contribution is 5.69. The molecule has 3 N–H and O–H groups in total. The van der Waals surface area contributed by atoms with Gasteiger partial charge in [0.15, 0.2) is 22.3 Å². The highest BCUT2D eigenvalue weighted by Crippen LogP contribution is 1.99. The van der Waals surface area contributed by atoms with E-state index in [9.17, 15) is 19.2 Å². The highest BCUT2D eigenvalue weighted by atomic mass is 16.2. The van der Waals surface area contributed by atoms with Gasteiger partial charge in [-0.3, -0.25) is 29.1 Å². The molecule has 12 heteroatoms. The molecular weight excluding hydrogens is 332 g/mol. The molecule has 4 heterocycles. The number of imidazole rings is 2. The van der Waals surface area contributed by atoms with Crippen LogP contribution in [0.15, 0.2) is 31.8 Å². The lowest BCUT2D eigenvalue weighted by molar-refractivity contribution is 0.783. The van der Waals surface area contributed by atoms with E-state index < -0.39 is 16.9 Å². The zero-order valence-corrected chi connectivity index (χ0v) is 13.5. The predicted molar refractivity (Wildman–Crippen MR) is 88.5 cm³/mol. The zero-order valence-electron chi connectivity index (χ0n) is 13.5. The summed E-state index contributed by atoms with van der Waals surface area (Å²) in [4.78, 5) is 59.3.